The molecule has 0 saturated carbocycles. The Hall–Kier alpha value is -3.45. The maximum atomic E-state index is 14.0. The molecule has 2 saturated heterocycles. The van der Waals surface area contributed by atoms with Crippen LogP contribution in [0.5, 0.6) is 17.2 Å². The Morgan fingerprint density at radius 1 is 1.02 bits per heavy atom. The molecule has 3 aliphatic heterocycles. The molecule has 5 aliphatic rings. The molecular formula is C34H39N3O4. The lowest BCUT2D eigenvalue weighted by atomic mass is 9.51. The minimum absolute atomic E-state index is 0.0735. The third-order valence-electron chi connectivity index (χ3n) is 11.3. The number of benzene rings is 2. The first-order valence-electron chi connectivity index (χ1n) is 15.2. The van der Waals surface area contributed by atoms with E-state index < -0.39 is 0 Å². The number of ether oxygens (including phenoxy) is 3. The number of rotatable bonds is 4. The van der Waals surface area contributed by atoms with E-state index in [1.165, 1.54) is 22.3 Å². The normalized spacial score (nSPS) is 28.1. The predicted molar refractivity (Wildman–Crippen MR) is 156 cm³/mol. The third-order valence-corrected chi connectivity index (χ3v) is 11.3. The lowest BCUT2D eigenvalue weighted by Gasteiger charge is -2.57. The highest BCUT2D eigenvalue weighted by atomic mass is 16.5. The fourth-order valence-corrected chi connectivity index (χ4v) is 9.10. The summed E-state index contributed by atoms with van der Waals surface area (Å²) in [6.45, 7) is 4.73. The Balaban J connectivity index is 1.11. The summed E-state index contributed by atoms with van der Waals surface area (Å²) in [5, 5.41) is 0. The molecule has 1 N–H and O–H groups in total. The largest absolute Gasteiger partial charge is 0.497 e. The van der Waals surface area contributed by atoms with Crippen LogP contribution in [0.1, 0.15) is 75.3 Å². The van der Waals surface area contributed by atoms with Crippen molar-refractivity contribution in [2.24, 2.45) is 5.92 Å². The fourth-order valence-electron chi connectivity index (χ4n) is 9.10. The number of carbonyl (C=O) groups excluding carboxylic acids is 1. The van der Waals surface area contributed by atoms with Gasteiger partial charge in [0, 0.05) is 30.1 Å². The Kier molecular flexibility index (Phi) is 5.56. The highest BCUT2D eigenvalue weighted by molar-refractivity contribution is 5.94. The van der Waals surface area contributed by atoms with Crippen molar-refractivity contribution in [3.05, 3.63) is 75.6 Å². The molecule has 3 aromatic rings. The number of nitrogens with one attached hydrogen (secondary N) is 1. The Bertz CT molecular complexity index is 1540. The van der Waals surface area contributed by atoms with Crippen LogP contribution in [0.3, 0.4) is 0 Å². The van der Waals surface area contributed by atoms with Crippen molar-refractivity contribution in [1.82, 2.24) is 14.8 Å². The van der Waals surface area contributed by atoms with Gasteiger partial charge in [-0.1, -0.05) is 18.2 Å². The molecular weight excluding hydrogens is 514 g/mol. The average Bonchev–Trinajstić information content (AvgIpc) is 3.53. The van der Waals surface area contributed by atoms with Gasteiger partial charge in [-0.05, 0) is 105 Å². The minimum atomic E-state index is -0.112. The molecule has 1 amide bonds. The zero-order valence-electron chi connectivity index (χ0n) is 24.5. The fraction of sp³-hybridized carbons (Fsp3) is 0.500. The molecule has 214 valence electrons. The molecule has 7 nitrogen and oxygen atoms in total. The Morgan fingerprint density at radius 3 is 2.54 bits per heavy atom. The van der Waals surface area contributed by atoms with Crippen LogP contribution < -0.4 is 14.2 Å². The van der Waals surface area contributed by atoms with E-state index in [-0.39, 0.29) is 17.4 Å². The summed E-state index contributed by atoms with van der Waals surface area (Å²) in [6, 6.07) is 13.2. The van der Waals surface area contributed by atoms with Gasteiger partial charge >= 0.3 is 0 Å². The van der Waals surface area contributed by atoms with Crippen LogP contribution in [-0.4, -0.2) is 67.6 Å². The van der Waals surface area contributed by atoms with Gasteiger partial charge in [-0.2, -0.15) is 0 Å². The average molecular weight is 554 g/mol. The number of aromatic nitrogens is 1. The first kappa shape index (κ1) is 25.3. The Labute approximate surface area is 241 Å². The van der Waals surface area contributed by atoms with Crippen LogP contribution >= 0.6 is 0 Å². The van der Waals surface area contributed by atoms with Gasteiger partial charge in [-0.3, -0.25) is 4.79 Å². The van der Waals surface area contributed by atoms with Crippen LogP contribution in [0, 0.1) is 12.8 Å². The summed E-state index contributed by atoms with van der Waals surface area (Å²) in [5.41, 5.74) is 8.30. The summed E-state index contributed by atoms with van der Waals surface area (Å²) in [6.07, 6.45) is 4.91. The van der Waals surface area contributed by atoms with Crippen LogP contribution in [0.25, 0.3) is 0 Å². The molecule has 0 radical (unpaired) electrons. The predicted octanol–water partition coefficient (Wildman–Crippen LogP) is 5.16. The van der Waals surface area contributed by atoms with Gasteiger partial charge in [-0.15, -0.1) is 0 Å². The van der Waals surface area contributed by atoms with Gasteiger partial charge < -0.3 is 29.0 Å². The lowest BCUT2D eigenvalue weighted by molar-refractivity contribution is -0.0256. The zero-order valence-corrected chi connectivity index (χ0v) is 24.5. The molecule has 1 aromatic heterocycles. The number of hydrogen-bond donors (Lipinski definition) is 1. The van der Waals surface area contributed by atoms with Crippen molar-refractivity contribution in [3.63, 3.8) is 0 Å². The van der Waals surface area contributed by atoms with Crippen molar-refractivity contribution in [1.29, 1.82) is 0 Å². The number of fused-ring (bicyclic) bond motifs is 2. The SMILES string of the molecule is COc1ccc(C2CCN(C(=O)c3[nH]c4c(c3C)C[C@H]3[C@@H]5Cc6ccc(OC)c7c6C3(CCN5C)[C@H]4O7)CC2)cc1. The van der Waals surface area contributed by atoms with E-state index >= 15 is 0 Å². The zero-order chi connectivity index (χ0) is 28.0. The summed E-state index contributed by atoms with van der Waals surface area (Å²) < 4.78 is 18.1. The molecule has 2 fully saturated rings. The number of aromatic amines is 1. The van der Waals surface area contributed by atoms with Gasteiger partial charge in [0.1, 0.15) is 17.5 Å². The number of amides is 1. The van der Waals surface area contributed by atoms with Crippen LogP contribution in [0.2, 0.25) is 0 Å². The van der Waals surface area contributed by atoms with Gasteiger partial charge in [0.2, 0.25) is 0 Å². The number of likely N-dealkylation sites (tertiary alicyclic amines) is 2. The number of hydrogen-bond acceptors (Lipinski definition) is 5. The first-order chi connectivity index (χ1) is 19.9. The molecule has 1 unspecified atom stereocenters. The number of carbonyl (C=O) groups is 1. The molecule has 41 heavy (non-hydrogen) atoms. The number of H-pyrrole nitrogens is 1. The van der Waals surface area contributed by atoms with E-state index in [1.54, 1.807) is 14.2 Å². The number of likely N-dealkylation sites (N-methyl/N-ethyl adjacent to an activating group) is 1. The molecule has 2 aromatic carbocycles. The summed E-state index contributed by atoms with van der Waals surface area (Å²) in [5.74, 6) is 3.68. The van der Waals surface area contributed by atoms with Gasteiger partial charge in [0.25, 0.3) is 5.91 Å². The molecule has 1 spiro atoms. The second-order valence-electron chi connectivity index (χ2n) is 12.8. The van der Waals surface area contributed by atoms with E-state index in [1.807, 2.05) is 17.0 Å². The molecule has 2 aliphatic carbocycles. The summed E-state index contributed by atoms with van der Waals surface area (Å²) in [4.78, 5) is 22.3. The van der Waals surface area contributed by atoms with E-state index in [0.29, 0.717) is 17.9 Å². The van der Waals surface area contributed by atoms with Crippen LogP contribution in [0.4, 0.5) is 0 Å². The highest BCUT2D eigenvalue weighted by Crippen LogP contribution is 2.67. The van der Waals surface area contributed by atoms with Crippen molar-refractivity contribution < 1.29 is 19.0 Å². The van der Waals surface area contributed by atoms with E-state index in [2.05, 4.69) is 48.1 Å². The topological polar surface area (TPSA) is 67.0 Å². The van der Waals surface area contributed by atoms with E-state index in [0.717, 1.165) is 85.9 Å². The van der Waals surface area contributed by atoms with E-state index in [4.69, 9.17) is 14.2 Å². The van der Waals surface area contributed by atoms with Crippen molar-refractivity contribution in [3.8, 4) is 17.2 Å². The second-order valence-corrected chi connectivity index (χ2v) is 12.8. The number of methoxy groups -OCH3 is 2. The maximum Gasteiger partial charge on any atom is 0.270 e. The van der Waals surface area contributed by atoms with Gasteiger partial charge in [-0.25, -0.2) is 0 Å². The maximum absolute atomic E-state index is 14.0. The summed E-state index contributed by atoms with van der Waals surface area (Å²) in [7, 11) is 5.71. The van der Waals surface area contributed by atoms with Crippen molar-refractivity contribution >= 4 is 5.91 Å². The first-order valence-corrected chi connectivity index (χ1v) is 15.2. The number of nitrogens with zero attached hydrogens (tertiary/aromatic N) is 2. The van der Waals surface area contributed by atoms with Gasteiger partial charge in [0.05, 0.1) is 19.9 Å². The minimum Gasteiger partial charge on any atom is -0.497 e. The monoisotopic (exact) mass is 553 g/mol. The van der Waals surface area contributed by atoms with E-state index in [9.17, 15) is 4.79 Å². The van der Waals surface area contributed by atoms with Crippen LogP contribution in [0.15, 0.2) is 36.4 Å². The number of piperidine rings is 2. The van der Waals surface area contributed by atoms with Crippen molar-refractivity contribution in [2.75, 3.05) is 40.9 Å². The smallest absolute Gasteiger partial charge is 0.270 e. The highest BCUT2D eigenvalue weighted by Gasteiger charge is 2.65. The molecule has 2 bridgehead atoms. The second kappa shape index (κ2) is 9.02. The van der Waals surface area contributed by atoms with Crippen molar-refractivity contribution in [2.45, 2.75) is 62.5 Å². The Morgan fingerprint density at radius 2 is 1.80 bits per heavy atom. The molecule has 4 atom stereocenters. The standard InChI is InChI=1S/C34H39N3O4/c1-19-24-18-25-26-17-22-7-10-27(40-4)31-28(22)34(25,13-16-36(26)2)32(41-31)30(24)35-29(19)33(38)37-14-11-21(12-15-37)20-5-8-23(39-3)9-6-20/h5-10,21,25-26,32,35H,11-18H2,1-4H3/t25-,26-,32-,34?/m0/s1. The van der Waals surface area contributed by atoms with Gasteiger partial charge in [0.15, 0.2) is 11.5 Å². The molecule has 8 rings (SSSR count). The summed E-state index contributed by atoms with van der Waals surface area (Å²) >= 11 is 0. The molecule has 7 heteroatoms. The lowest BCUT2D eigenvalue weighted by Crippen LogP contribution is -2.62. The molecule has 4 heterocycles. The van der Waals surface area contributed by atoms with Crippen LogP contribution in [-0.2, 0) is 18.3 Å². The third kappa shape index (κ3) is 3.38. The quantitative estimate of drug-likeness (QED) is 0.483.